The molecule has 1 aliphatic heterocycles. The van der Waals surface area contributed by atoms with Gasteiger partial charge in [-0.2, -0.15) is 0 Å². The summed E-state index contributed by atoms with van der Waals surface area (Å²) < 4.78 is 5.12. The zero-order valence-corrected chi connectivity index (χ0v) is 12.9. The maximum atomic E-state index is 12.1. The van der Waals surface area contributed by atoms with E-state index in [1.165, 1.54) is 0 Å². The standard InChI is InChI=1S/C16H18N2O2S/c1-3-20-15(19)14-11(2)17-16(21)18-13(14)10-9-12-7-5-4-6-8-12/h4-10,13H,3H2,1-2H3,(H2,17,18,21)/b10-9-. The van der Waals surface area contributed by atoms with Crippen LogP contribution >= 0.6 is 12.2 Å². The molecule has 0 saturated carbocycles. The molecule has 1 atom stereocenters. The first-order chi connectivity index (χ1) is 10.1. The first-order valence-corrected chi connectivity index (χ1v) is 7.21. The van der Waals surface area contributed by atoms with Crippen LogP contribution in [0.2, 0.25) is 0 Å². The molecule has 21 heavy (non-hydrogen) atoms. The molecule has 1 heterocycles. The van der Waals surface area contributed by atoms with Crippen molar-refractivity contribution in [2.45, 2.75) is 19.9 Å². The van der Waals surface area contributed by atoms with Crippen LogP contribution in [0.15, 0.2) is 47.7 Å². The number of allylic oxidation sites excluding steroid dienone is 1. The molecule has 0 aromatic heterocycles. The normalized spacial score (nSPS) is 18.4. The Morgan fingerprint density at radius 2 is 2.10 bits per heavy atom. The fourth-order valence-corrected chi connectivity index (χ4v) is 2.41. The van der Waals surface area contributed by atoms with Gasteiger partial charge in [-0.25, -0.2) is 4.79 Å². The summed E-state index contributed by atoms with van der Waals surface area (Å²) in [5.41, 5.74) is 2.34. The Hall–Kier alpha value is -2.14. The molecule has 2 N–H and O–H groups in total. The van der Waals surface area contributed by atoms with Crippen LogP contribution in [0.4, 0.5) is 0 Å². The molecule has 0 aliphatic carbocycles. The molecule has 5 heteroatoms. The number of nitrogens with one attached hydrogen (secondary N) is 2. The second-order valence-electron chi connectivity index (χ2n) is 4.61. The Morgan fingerprint density at radius 3 is 2.76 bits per heavy atom. The van der Waals surface area contributed by atoms with Gasteiger partial charge < -0.3 is 15.4 Å². The monoisotopic (exact) mass is 302 g/mol. The topological polar surface area (TPSA) is 50.4 Å². The summed E-state index contributed by atoms with van der Waals surface area (Å²) in [7, 11) is 0. The van der Waals surface area contributed by atoms with E-state index in [2.05, 4.69) is 10.6 Å². The van der Waals surface area contributed by atoms with Gasteiger partial charge in [0.2, 0.25) is 0 Å². The number of rotatable bonds is 4. The maximum absolute atomic E-state index is 12.1. The Balaban J connectivity index is 2.26. The summed E-state index contributed by atoms with van der Waals surface area (Å²) in [5, 5.41) is 6.55. The highest BCUT2D eigenvalue weighted by Crippen LogP contribution is 2.16. The number of ether oxygens (including phenoxy) is 1. The smallest absolute Gasteiger partial charge is 0.338 e. The van der Waals surface area contributed by atoms with E-state index >= 15 is 0 Å². The molecule has 1 aliphatic rings. The number of carbonyl (C=O) groups excluding carboxylic acids is 1. The van der Waals surface area contributed by atoms with Crippen LogP contribution in [0.25, 0.3) is 6.08 Å². The highest BCUT2D eigenvalue weighted by Gasteiger charge is 2.27. The largest absolute Gasteiger partial charge is 0.463 e. The summed E-state index contributed by atoms with van der Waals surface area (Å²) in [6, 6.07) is 9.59. The summed E-state index contributed by atoms with van der Waals surface area (Å²) in [5.74, 6) is -0.333. The molecule has 110 valence electrons. The van der Waals surface area contributed by atoms with E-state index in [0.29, 0.717) is 17.3 Å². The van der Waals surface area contributed by atoms with E-state index in [-0.39, 0.29) is 12.0 Å². The number of hydrogen-bond acceptors (Lipinski definition) is 3. The fraction of sp³-hybridized carbons (Fsp3) is 0.250. The lowest BCUT2D eigenvalue weighted by molar-refractivity contribution is -0.138. The molecule has 2 rings (SSSR count). The van der Waals surface area contributed by atoms with Gasteiger partial charge in [-0.05, 0) is 31.6 Å². The molecule has 0 spiro atoms. The van der Waals surface area contributed by atoms with Crippen molar-refractivity contribution in [3.8, 4) is 0 Å². The van der Waals surface area contributed by atoms with E-state index in [0.717, 1.165) is 11.3 Å². The minimum absolute atomic E-state index is 0.294. The van der Waals surface area contributed by atoms with Gasteiger partial charge in [0.25, 0.3) is 0 Å². The first-order valence-electron chi connectivity index (χ1n) is 6.80. The van der Waals surface area contributed by atoms with Gasteiger partial charge in [0.05, 0.1) is 18.2 Å². The van der Waals surface area contributed by atoms with E-state index in [9.17, 15) is 4.79 Å². The Morgan fingerprint density at radius 1 is 1.38 bits per heavy atom. The van der Waals surface area contributed by atoms with E-state index in [4.69, 9.17) is 17.0 Å². The lowest BCUT2D eigenvalue weighted by atomic mass is 10.0. The van der Waals surface area contributed by atoms with Gasteiger partial charge in [-0.1, -0.05) is 42.5 Å². The minimum atomic E-state index is -0.333. The van der Waals surface area contributed by atoms with E-state index < -0.39 is 0 Å². The number of esters is 1. The maximum Gasteiger partial charge on any atom is 0.338 e. The SMILES string of the molecule is CCOC(=O)C1=C(C)NC(=S)NC1/C=C\c1ccccc1. The van der Waals surface area contributed by atoms with E-state index in [1.807, 2.05) is 49.4 Å². The highest BCUT2D eigenvalue weighted by atomic mass is 32.1. The number of hydrogen-bond donors (Lipinski definition) is 2. The van der Waals surface area contributed by atoms with Gasteiger partial charge in [-0.15, -0.1) is 0 Å². The Kier molecular flexibility index (Phi) is 5.11. The molecule has 1 aromatic rings. The van der Waals surface area contributed by atoms with Crippen molar-refractivity contribution in [2.75, 3.05) is 6.61 Å². The van der Waals surface area contributed by atoms with Gasteiger partial charge >= 0.3 is 5.97 Å². The lowest BCUT2D eigenvalue weighted by Crippen LogP contribution is -2.48. The quantitative estimate of drug-likeness (QED) is 0.660. The summed E-state index contributed by atoms with van der Waals surface area (Å²) in [6.07, 6.45) is 3.87. The zero-order valence-electron chi connectivity index (χ0n) is 12.1. The molecule has 0 radical (unpaired) electrons. The lowest BCUT2D eigenvalue weighted by Gasteiger charge is -2.27. The fourth-order valence-electron chi connectivity index (χ4n) is 2.13. The van der Waals surface area contributed by atoms with Gasteiger partial charge in [0.15, 0.2) is 5.11 Å². The van der Waals surface area contributed by atoms with Crippen LogP contribution in [0.5, 0.6) is 0 Å². The van der Waals surface area contributed by atoms with Crippen molar-refractivity contribution < 1.29 is 9.53 Å². The summed E-state index contributed by atoms with van der Waals surface area (Å²) in [4.78, 5) is 12.1. The molecule has 0 fully saturated rings. The zero-order chi connectivity index (χ0) is 15.2. The Labute approximate surface area is 129 Å². The summed E-state index contributed by atoms with van der Waals surface area (Å²) >= 11 is 5.15. The van der Waals surface area contributed by atoms with Crippen LogP contribution in [0.1, 0.15) is 19.4 Å². The van der Waals surface area contributed by atoms with Crippen molar-refractivity contribution >= 4 is 29.4 Å². The molecule has 4 nitrogen and oxygen atoms in total. The third-order valence-corrected chi connectivity index (χ3v) is 3.30. The van der Waals surface area contributed by atoms with Crippen molar-refractivity contribution in [3.63, 3.8) is 0 Å². The number of carbonyl (C=O) groups is 1. The van der Waals surface area contributed by atoms with Gasteiger partial charge in [-0.3, -0.25) is 0 Å². The predicted molar refractivity (Wildman–Crippen MR) is 87.5 cm³/mol. The summed E-state index contributed by atoms with van der Waals surface area (Å²) in [6.45, 7) is 3.95. The second kappa shape index (κ2) is 7.04. The molecule has 1 unspecified atom stereocenters. The van der Waals surface area contributed by atoms with Crippen LogP contribution in [-0.2, 0) is 9.53 Å². The van der Waals surface area contributed by atoms with Crippen molar-refractivity contribution in [1.82, 2.24) is 10.6 Å². The Bertz CT molecular complexity index is 594. The van der Waals surface area contributed by atoms with Crippen LogP contribution < -0.4 is 10.6 Å². The molecule has 0 bridgehead atoms. The third kappa shape index (κ3) is 3.92. The second-order valence-corrected chi connectivity index (χ2v) is 5.01. The first kappa shape index (κ1) is 15.3. The molecular weight excluding hydrogens is 284 g/mol. The average Bonchev–Trinajstić information content (AvgIpc) is 2.45. The molecule has 0 saturated heterocycles. The molecular formula is C16H18N2O2S. The van der Waals surface area contributed by atoms with Crippen molar-refractivity contribution in [1.29, 1.82) is 0 Å². The number of thiocarbonyl (C=S) groups is 1. The number of benzene rings is 1. The highest BCUT2D eigenvalue weighted by molar-refractivity contribution is 7.80. The van der Waals surface area contributed by atoms with Crippen LogP contribution in [0.3, 0.4) is 0 Å². The molecule has 1 aromatic carbocycles. The van der Waals surface area contributed by atoms with Gasteiger partial charge in [0, 0.05) is 5.70 Å². The van der Waals surface area contributed by atoms with Crippen LogP contribution in [-0.4, -0.2) is 23.7 Å². The van der Waals surface area contributed by atoms with Crippen LogP contribution in [0, 0.1) is 0 Å². The average molecular weight is 302 g/mol. The van der Waals surface area contributed by atoms with Gasteiger partial charge in [0.1, 0.15) is 0 Å². The van der Waals surface area contributed by atoms with Crippen molar-refractivity contribution in [3.05, 3.63) is 53.2 Å². The predicted octanol–water partition coefficient (Wildman–Crippen LogP) is 2.38. The molecule has 0 amide bonds. The van der Waals surface area contributed by atoms with E-state index in [1.54, 1.807) is 6.92 Å². The third-order valence-electron chi connectivity index (χ3n) is 3.08. The van der Waals surface area contributed by atoms with Crippen molar-refractivity contribution in [2.24, 2.45) is 0 Å². The minimum Gasteiger partial charge on any atom is -0.463 e.